The smallest absolute Gasteiger partial charge is 0.405 e. The molecule has 2 N–H and O–H groups in total. The average molecular weight is 373 g/mol. The molecule has 1 unspecified atom stereocenters. The number of amides is 2. The molecule has 1 atom stereocenters. The molecule has 0 fully saturated rings. The topological polar surface area (TPSA) is 82.5 Å². The summed E-state index contributed by atoms with van der Waals surface area (Å²) in [4.78, 5) is 30.3. The summed E-state index contributed by atoms with van der Waals surface area (Å²) in [6, 6.07) is 20.6. The van der Waals surface area contributed by atoms with Crippen LogP contribution in [-0.4, -0.2) is 28.1 Å². The summed E-state index contributed by atoms with van der Waals surface area (Å²) < 4.78 is 0. The van der Waals surface area contributed by atoms with Crippen molar-refractivity contribution >= 4 is 17.8 Å². The van der Waals surface area contributed by atoms with Crippen molar-refractivity contribution in [1.29, 1.82) is 0 Å². The quantitative estimate of drug-likeness (QED) is 0.734. The highest BCUT2D eigenvalue weighted by atomic mass is 16.4. The Morgan fingerprint density at radius 1 is 1.07 bits per heavy atom. The zero-order valence-corrected chi connectivity index (χ0v) is 15.1. The van der Waals surface area contributed by atoms with Crippen LogP contribution in [0.5, 0.6) is 0 Å². The van der Waals surface area contributed by atoms with Gasteiger partial charge >= 0.3 is 6.09 Å². The summed E-state index contributed by atoms with van der Waals surface area (Å²) in [5.41, 5.74) is 3.75. The van der Waals surface area contributed by atoms with Crippen molar-refractivity contribution in [2.45, 2.75) is 19.0 Å². The van der Waals surface area contributed by atoms with E-state index in [1.165, 1.54) is 0 Å². The van der Waals surface area contributed by atoms with Crippen molar-refractivity contribution in [3.05, 3.63) is 84.1 Å². The maximum Gasteiger partial charge on any atom is 0.405 e. The second-order valence-corrected chi connectivity index (χ2v) is 6.69. The van der Waals surface area contributed by atoms with Crippen LogP contribution in [0.1, 0.15) is 11.1 Å². The number of benzene rings is 2. The molecule has 1 aliphatic heterocycles. The van der Waals surface area contributed by atoms with E-state index in [-0.39, 0.29) is 12.3 Å². The first kappa shape index (κ1) is 17.7. The largest absolute Gasteiger partial charge is 0.465 e. The van der Waals surface area contributed by atoms with Crippen LogP contribution in [0, 0.1) is 0 Å². The molecular weight excluding hydrogens is 354 g/mol. The molecule has 0 spiro atoms. The number of fused-ring (bicyclic) bond motifs is 1. The van der Waals surface area contributed by atoms with Crippen LogP contribution in [0.2, 0.25) is 0 Å². The molecule has 2 amide bonds. The van der Waals surface area contributed by atoms with Gasteiger partial charge in [-0.25, -0.2) is 9.78 Å². The SMILES string of the molecule is O=C(O)NC1Cc2cc(-c3ccccc3)cnc2N(Cc2ccccc2)C1=O. The molecule has 1 aromatic heterocycles. The number of carboxylic acid groups (broad SMARTS) is 1. The number of nitrogens with one attached hydrogen (secondary N) is 1. The fourth-order valence-electron chi connectivity index (χ4n) is 3.47. The molecule has 2 heterocycles. The van der Waals surface area contributed by atoms with Gasteiger partial charge in [-0.2, -0.15) is 0 Å². The summed E-state index contributed by atoms with van der Waals surface area (Å²) in [5.74, 6) is 0.288. The number of anilines is 1. The van der Waals surface area contributed by atoms with Gasteiger partial charge in [0.05, 0.1) is 6.54 Å². The van der Waals surface area contributed by atoms with E-state index in [1.54, 1.807) is 11.1 Å². The van der Waals surface area contributed by atoms with Crippen molar-refractivity contribution in [3.63, 3.8) is 0 Å². The van der Waals surface area contributed by atoms with Crippen LogP contribution in [-0.2, 0) is 17.8 Å². The van der Waals surface area contributed by atoms with E-state index in [0.717, 1.165) is 22.3 Å². The van der Waals surface area contributed by atoms with Gasteiger partial charge in [-0.15, -0.1) is 0 Å². The normalized spacial score (nSPS) is 15.8. The Balaban J connectivity index is 1.74. The van der Waals surface area contributed by atoms with E-state index >= 15 is 0 Å². The third kappa shape index (κ3) is 3.57. The lowest BCUT2D eigenvalue weighted by Gasteiger charge is -2.33. The summed E-state index contributed by atoms with van der Waals surface area (Å²) >= 11 is 0. The molecule has 0 aliphatic carbocycles. The number of carbonyl (C=O) groups excluding carboxylic acids is 1. The second kappa shape index (κ2) is 7.52. The first-order valence-corrected chi connectivity index (χ1v) is 9.01. The molecule has 4 rings (SSSR count). The van der Waals surface area contributed by atoms with Gasteiger partial charge in [0, 0.05) is 18.2 Å². The third-order valence-corrected chi connectivity index (χ3v) is 4.78. The van der Waals surface area contributed by atoms with Gasteiger partial charge in [0.25, 0.3) is 5.91 Å². The minimum Gasteiger partial charge on any atom is -0.465 e. The number of rotatable bonds is 4. The Labute approximate surface area is 162 Å². The maximum absolute atomic E-state index is 12.9. The van der Waals surface area contributed by atoms with E-state index in [4.69, 9.17) is 5.11 Å². The third-order valence-electron chi connectivity index (χ3n) is 4.78. The van der Waals surface area contributed by atoms with Crippen molar-refractivity contribution < 1.29 is 14.7 Å². The van der Waals surface area contributed by atoms with E-state index in [2.05, 4.69) is 10.3 Å². The molecular formula is C22H19N3O3. The molecule has 6 nitrogen and oxygen atoms in total. The number of nitrogens with zero attached hydrogens (tertiary/aromatic N) is 2. The van der Waals surface area contributed by atoms with Crippen LogP contribution in [0.4, 0.5) is 10.6 Å². The maximum atomic E-state index is 12.9. The summed E-state index contributed by atoms with van der Waals surface area (Å²) in [6.07, 6.45) is 0.817. The first-order chi connectivity index (χ1) is 13.6. The molecule has 1 aliphatic rings. The summed E-state index contributed by atoms with van der Waals surface area (Å²) in [7, 11) is 0. The lowest BCUT2D eigenvalue weighted by Crippen LogP contribution is -2.52. The first-order valence-electron chi connectivity index (χ1n) is 9.01. The fourth-order valence-corrected chi connectivity index (χ4v) is 3.47. The van der Waals surface area contributed by atoms with Gasteiger partial charge in [-0.05, 0) is 22.8 Å². The number of hydrogen-bond acceptors (Lipinski definition) is 3. The molecule has 140 valence electrons. The number of carbonyl (C=O) groups is 2. The molecule has 0 saturated carbocycles. The van der Waals surface area contributed by atoms with Crippen LogP contribution in [0.3, 0.4) is 0 Å². The van der Waals surface area contributed by atoms with E-state index < -0.39 is 12.1 Å². The van der Waals surface area contributed by atoms with Crippen molar-refractivity contribution in [1.82, 2.24) is 10.3 Å². The minimum absolute atomic E-state index is 0.277. The Morgan fingerprint density at radius 2 is 1.75 bits per heavy atom. The molecule has 6 heteroatoms. The average Bonchev–Trinajstić information content (AvgIpc) is 2.72. The molecule has 2 aromatic carbocycles. The number of aromatic nitrogens is 1. The van der Waals surface area contributed by atoms with Gasteiger partial charge in [0.15, 0.2) is 0 Å². The van der Waals surface area contributed by atoms with Gasteiger partial charge in [-0.1, -0.05) is 60.7 Å². The standard InChI is InChI=1S/C22H19N3O3/c26-21-19(24-22(27)28)12-17-11-18(16-9-5-2-6-10-16)13-23-20(17)25(21)14-15-7-3-1-4-8-15/h1-11,13,19,24H,12,14H2,(H,27,28). The Hall–Kier alpha value is -3.67. The predicted octanol–water partition coefficient (Wildman–Crippen LogP) is 3.47. The van der Waals surface area contributed by atoms with E-state index in [1.807, 2.05) is 66.7 Å². The lowest BCUT2D eigenvalue weighted by atomic mass is 9.96. The molecule has 28 heavy (non-hydrogen) atoms. The Morgan fingerprint density at radius 3 is 2.43 bits per heavy atom. The number of pyridine rings is 1. The monoisotopic (exact) mass is 373 g/mol. The van der Waals surface area contributed by atoms with Crippen molar-refractivity contribution in [3.8, 4) is 11.1 Å². The van der Waals surface area contributed by atoms with Crippen LogP contribution in [0.15, 0.2) is 72.9 Å². The summed E-state index contributed by atoms with van der Waals surface area (Å²) in [6.45, 7) is 0.335. The Kier molecular flexibility index (Phi) is 4.76. The zero-order valence-electron chi connectivity index (χ0n) is 15.1. The fraction of sp³-hybridized carbons (Fsp3) is 0.136. The van der Waals surface area contributed by atoms with Gasteiger partial charge in [0.2, 0.25) is 0 Å². The molecule has 3 aromatic rings. The zero-order chi connectivity index (χ0) is 19.5. The van der Waals surface area contributed by atoms with Crippen LogP contribution in [0.25, 0.3) is 11.1 Å². The van der Waals surface area contributed by atoms with Gasteiger partial charge in [-0.3, -0.25) is 9.69 Å². The summed E-state index contributed by atoms with van der Waals surface area (Å²) in [5, 5.41) is 11.5. The predicted molar refractivity (Wildman–Crippen MR) is 106 cm³/mol. The highest BCUT2D eigenvalue weighted by Gasteiger charge is 2.35. The highest BCUT2D eigenvalue weighted by molar-refractivity contribution is 6.00. The minimum atomic E-state index is -1.21. The van der Waals surface area contributed by atoms with E-state index in [9.17, 15) is 9.59 Å². The Bertz CT molecular complexity index is 1010. The molecule has 0 saturated heterocycles. The second-order valence-electron chi connectivity index (χ2n) is 6.69. The van der Waals surface area contributed by atoms with Gasteiger partial charge in [0.1, 0.15) is 11.9 Å². The van der Waals surface area contributed by atoms with Crippen molar-refractivity contribution in [2.75, 3.05) is 4.90 Å². The van der Waals surface area contributed by atoms with Crippen molar-refractivity contribution in [2.24, 2.45) is 0 Å². The molecule has 0 bridgehead atoms. The van der Waals surface area contributed by atoms with Crippen LogP contribution >= 0.6 is 0 Å². The van der Waals surface area contributed by atoms with Gasteiger partial charge < -0.3 is 10.4 Å². The highest BCUT2D eigenvalue weighted by Crippen LogP contribution is 2.31. The lowest BCUT2D eigenvalue weighted by molar-refractivity contribution is -0.121. The van der Waals surface area contributed by atoms with E-state index in [0.29, 0.717) is 12.4 Å². The number of hydrogen-bond donors (Lipinski definition) is 2. The van der Waals surface area contributed by atoms with Crippen LogP contribution < -0.4 is 10.2 Å². The molecule has 0 radical (unpaired) electrons.